The third-order valence-corrected chi connectivity index (χ3v) is 4.27. The smallest absolute Gasteiger partial charge is 0.255 e. The Hall–Kier alpha value is -3.98. The van der Waals surface area contributed by atoms with Crippen LogP contribution in [0.5, 0.6) is 0 Å². The number of aromatic nitrogens is 2. The first-order valence-electron chi connectivity index (χ1n) is 8.81. The molecule has 1 aromatic heterocycles. The van der Waals surface area contributed by atoms with Crippen LogP contribution in [0.4, 0.5) is 11.4 Å². The Morgan fingerprint density at radius 3 is 2.71 bits per heavy atom. The van der Waals surface area contributed by atoms with Gasteiger partial charge in [-0.1, -0.05) is 18.1 Å². The fourth-order valence-electron chi connectivity index (χ4n) is 2.88. The van der Waals surface area contributed by atoms with E-state index in [9.17, 15) is 9.59 Å². The van der Waals surface area contributed by atoms with Gasteiger partial charge in [0.05, 0.1) is 0 Å². The number of hydrogen-bond acceptors (Lipinski definition) is 4. The van der Waals surface area contributed by atoms with E-state index in [1.807, 2.05) is 18.2 Å². The monoisotopic (exact) mass is 368 g/mol. The number of benzene rings is 2. The van der Waals surface area contributed by atoms with Crippen LogP contribution in [0.2, 0.25) is 0 Å². The second-order valence-corrected chi connectivity index (χ2v) is 6.28. The van der Waals surface area contributed by atoms with Gasteiger partial charge in [0.2, 0.25) is 11.7 Å². The van der Waals surface area contributed by atoms with E-state index in [1.54, 1.807) is 42.7 Å². The number of aryl methyl sites for hydroxylation is 1. The van der Waals surface area contributed by atoms with Gasteiger partial charge in [0.25, 0.3) is 5.91 Å². The van der Waals surface area contributed by atoms with E-state index < -0.39 is 0 Å². The summed E-state index contributed by atoms with van der Waals surface area (Å²) >= 11 is 0. The van der Waals surface area contributed by atoms with E-state index >= 15 is 0 Å². The Kier molecular flexibility index (Phi) is 4.81. The molecule has 0 fully saturated rings. The molecule has 0 radical (unpaired) electrons. The zero-order valence-electron chi connectivity index (χ0n) is 14.9. The lowest BCUT2D eigenvalue weighted by atomic mass is 10.0. The fraction of sp³-hybridized carbons (Fsp3) is 0.0909. The van der Waals surface area contributed by atoms with Crippen LogP contribution in [-0.4, -0.2) is 21.8 Å². The molecule has 2 aromatic carbocycles. The van der Waals surface area contributed by atoms with Gasteiger partial charge in [-0.05, 0) is 54.3 Å². The van der Waals surface area contributed by atoms with E-state index in [0.717, 1.165) is 11.3 Å². The largest absolute Gasteiger partial charge is 0.326 e. The second-order valence-electron chi connectivity index (χ2n) is 6.28. The fourth-order valence-corrected chi connectivity index (χ4v) is 2.88. The van der Waals surface area contributed by atoms with E-state index in [2.05, 4.69) is 32.4 Å². The third-order valence-electron chi connectivity index (χ3n) is 4.27. The van der Waals surface area contributed by atoms with Gasteiger partial charge in [-0.15, -0.1) is 0 Å². The lowest BCUT2D eigenvalue weighted by Gasteiger charge is -2.17. The maximum Gasteiger partial charge on any atom is 0.255 e. The summed E-state index contributed by atoms with van der Waals surface area (Å²) in [5.41, 5.74) is 3.62. The normalized spacial score (nSPS) is 12.2. The number of nitrogens with one attached hydrogen (secondary N) is 2. The second kappa shape index (κ2) is 7.72. The van der Waals surface area contributed by atoms with Crippen LogP contribution in [0.15, 0.2) is 60.9 Å². The number of rotatable bonds is 2. The minimum Gasteiger partial charge on any atom is -0.326 e. The van der Waals surface area contributed by atoms with Gasteiger partial charge in [0.15, 0.2) is 0 Å². The van der Waals surface area contributed by atoms with Crippen LogP contribution in [0.1, 0.15) is 33.7 Å². The molecule has 0 aliphatic carbocycles. The quantitative estimate of drug-likeness (QED) is 0.681. The number of fused-ring (bicyclic) bond motifs is 1. The van der Waals surface area contributed by atoms with Crippen molar-refractivity contribution in [3.63, 3.8) is 0 Å². The molecule has 2 heterocycles. The summed E-state index contributed by atoms with van der Waals surface area (Å²) in [7, 11) is 0. The Morgan fingerprint density at radius 2 is 1.86 bits per heavy atom. The lowest BCUT2D eigenvalue weighted by molar-refractivity contribution is -0.116. The molecule has 28 heavy (non-hydrogen) atoms. The molecule has 0 atom stereocenters. The molecule has 6 heteroatoms. The zero-order chi connectivity index (χ0) is 19.3. The third kappa shape index (κ3) is 4.05. The highest BCUT2D eigenvalue weighted by molar-refractivity contribution is 6.05. The van der Waals surface area contributed by atoms with Crippen molar-refractivity contribution in [2.45, 2.75) is 12.8 Å². The summed E-state index contributed by atoms with van der Waals surface area (Å²) in [5.74, 6) is 6.00. The molecule has 3 aromatic rings. The first-order chi connectivity index (χ1) is 13.7. The Bertz CT molecular complexity index is 1110. The lowest BCUT2D eigenvalue weighted by Crippen LogP contribution is -2.19. The van der Waals surface area contributed by atoms with E-state index in [0.29, 0.717) is 35.5 Å². The highest BCUT2D eigenvalue weighted by Gasteiger charge is 2.15. The van der Waals surface area contributed by atoms with E-state index in [4.69, 9.17) is 0 Å². The Morgan fingerprint density at radius 1 is 1.00 bits per heavy atom. The topological polar surface area (TPSA) is 84.0 Å². The molecule has 0 saturated heterocycles. The molecule has 1 aliphatic heterocycles. The van der Waals surface area contributed by atoms with Crippen molar-refractivity contribution in [1.29, 1.82) is 0 Å². The highest BCUT2D eigenvalue weighted by atomic mass is 16.2. The number of hydrogen-bond donors (Lipinski definition) is 2. The molecule has 0 unspecified atom stereocenters. The summed E-state index contributed by atoms with van der Waals surface area (Å²) in [6, 6.07) is 14.3. The molecule has 2 N–H and O–H groups in total. The average molecular weight is 368 g/mol. The predicted octanol–water partition coefficient (Wildman–Crippen LogP) is 3.01. The van der Waals surface area contributed by atoms with Gasteiger partial charge in [0, 0.05) is 41.3 Å². The molecule has 0 spiro atoms. The molecule has 2 amide bonds. The maximum atomic E-state index is 12.6. The number of nitrogens with zero attached hydrogens (tertiary/aromatic N) is 2. The number of carbonyl (C=O) groups excluding carboxylic acids is 2. The molecule has 0 bridgehead atoms. The highest BCUT2D eigenvalue weighted by Crippen LogP contribution is 2.26. The Labute approximate surface area is 162 Å². The van der Waals surface area contributed by atoms with Crippen molar-refractivity contribution < 1.29 is 9.59 Å². The first-order valence-corrected chi connectivity index (χ1v) is 8.81. The first kappa shape index (κ1) is 17.4. The van der Waals surface area contributed by atoms with Crippen molar-refractivity contribution in [2.75, 3.05) is 10.6 Å². The van der Waals surface area contributed by atoms with Gasteiger partial charge >= 0.3 is 0 Å². The molecule has 4 rings (SSSR count). The van der Waals surface area contributed by atoms with Gasteiger partial charge in [-0.2, -0.15) is 0 Å². The van der Waals surface area contributed by atoms with Crippen molar-refractivity contribution in [3.8, 4) is 11.8 Å². The molecule has 1 aliphatic rings. The summed E-state index contributed by atoms with van der Waals surface area (Å²) < 4.78 is 0. The molecular weight excluding hydrogens is 352 g/mol. The minimum atomic E-state index is -0.248. The van der Waals surface area contributed by atoms with Crippen molar-refractivity contribution in [2.24, 2.45) is 0 Å². The average Bonchev–Trinajstić information content (AvgIpc) is 2.73. The molecular formula is C22H16N4O2. The van der Waals surface area contributed by atoms with Crippen LogP contribution in [-0.2, 0) is 11.2 Å². The van der Waals surface area contributed by atoms with Gasteiger partial charge in [-0.25, -0.2) is 9.97 Å². The van der Waals surface area contributed by atoms with Gasteiger partial charge in [0.1, 0.15) is 0 Å². The van der Waals surface area contributed by atoms with Crippen molar-refractivity contribution in [3.05, 3.63) is 83.4 Å². The zero-order valence-corrected chi connectivity index (χ0v) is 14.9. The van der Waals surface area contributed by atoms with Gasteiger partial charge in [-0.3, -0.25) is 9.59 Å². The number of carbonyl (C=O) groups is 2. The maximum absolute atomic E-state index is 12.6. The van der Waals surface area contributed by atoms with Crippen molar-refractivity contribution >= 4 is 23.2 Å². The van der Waals surface area contributed by atoms with Gasteiger partial charge < -0.3 is 10.6 Å². The van der Waals surface area contributed by atoms with E-state index in [-0.39, 0.29) is 11.8 Å². The van der Waals surface area contributed by atoms with Crippen LogP contribution >= 0.6 is 0 Å². The summed E-state index contributed by atoms with van der Waals surface area (Å²) in [4.78, 5) is 32.3. The van der Waals surface area contributed by atoms with Crippen LogP contribution in [0.25, 0.3) is 0 Å². The summed E-state index contributed by atoms with van der Waals surface area (Å²) in [6.07, 6.45) is 4.45. The van der Waals surface area contributed by atoms with Crippen molar-refractivity contribution in [1.82, 2.24) is 9.97 Å². The van der Waals surface area contributed by atoms with Crippen LogP contribution in [0, 0.1) is 11.8 Å². The van der Waals surface area contributed by atoms with E-state index in [1.165, 1.54) is 0 Å². The summed E-state index contributed by atoms with van der Waals surface area (Å²) in [5, 5.41) is 5.70. The van der Waals surface area contributed by atoms with Crippen LogP contribution in [0.3, 0.4) is 0 Å². The molecule has 136 valence electrons. The standard InChI is InChI=1S/C22H16N4O2/c27-21-10-7-16-6-8-18(14-19(16)26-21)25-22(28)17-4-1-3-15(13-17)5-9-20-23-11-2-12-24-20/h1-4,6,8,11-14H,7,10H2,(H,25,28)(H,26,27). The number of anilines is 2. The molecule has 0 saturated carbocycles. The van der Waals surface area contributed by atoms with Crippen LogP contribution < -0.4 is 10.6 Å². The Balaban J connectivity index is 1.51. The SMILES string of the molecule is O=C1CCc2ccc(NC(=O)c3cccc(C#Cc4ncccn4)c3)cc2N1. The minimum absolute atomic E-state index is 0.00959. The summed E-state index contributed by atoms with van der Waals surface area (Å²) in [6.45, 7) is 0. The predicted molar refractivity (Wildman–Crippen MR) is 106 cm³/mol. The molecule has 6 nitrogen and oxygen atoms in total. The number of amides is 2.